The molecule has 2 fully saturated rings. The number of hydrogen-bond acceptors (Lipinski definition) is 15. The van der Waals surface area contributed by atoms with Crippen LogP contribution in [0.25, 0.3) is 0 Å². The van der Waals surface area contributed by atoms with Crippen LogP contribution in [0.4, 0.5) is 0 Å². The number of aromatic nitrogens is 2. The fourth-order valence-corrected chi connectivity index (χ4v) is 5.63. The van der Waals surface area contributed by atoms with Crippen molar-refractivity contribution in [1.29, 1.82) is 0 Å². The number of carbonyl (C=O) groups excluding carboxylic acids is 2. The van der Waals surface area contributed by atoms with Gasteiger partial charge in [-0.05, 0) is 25.3 Å². The number of allylic oxidation sites excluding steroid dienone is 3. The van der Waals surface area contributed by atoms with Gasteiger partial charge in [-0.3, -0.25) is 20.7 Å². The minimum atomic E-state index is -1.08. The number of nitrogens with zero attached hydrogens (tertiary/aromatic N) is 7. The van der Waals surface area contributed by atoms with Crippen LogP contribution in [0.2, 0.25) is 0 Å². The second-order valence-electron chi connectivity index (χ2n) is 10.7. The van der Waals surface area contributed by atoms with Crippen LogP contribution in [0.5, 0.6) is 11.8 Å². The first-order chi connectivity index (χ1) is 21.7. The van der Waals surface area contributed by atoms with Gasteiger partial charge in [0.05, 0.1) is 31.6 Å². The highest BCUT2D eigenvalue weighted by Gasteiger charge is 2.48. The van der Waals surface area contributed by atoms with E-state index in [0.717, 1.165) is 5.76 Å². The maximum Gasteiger partial charge on any atom is 0.252 e. The predicted octanol–water partition coefficient (Wildman–Crippen LogP) is -0.825. The van der Waals surface area contributed by atoms with Crippen LogP contribution in [-0.2, 0) is 20.9 Å². The molecule has 19 heteroatoms. The Kier molecular flexibility index (Phi) is 9.66. The van der Waals surface area contributed by atoms with Crippen molar-refractivity contribution in [3.8, 4) is 11.8 Å². The van der Waals surface area contributed by atoms with Gasteiger partial charge in [-0.2, -0.15) is 9.97 Å². The first-order valence-electron chi connectivity index (χ1n) is 14.1. The van der Waals surface area contributed by atoms with Crippen molar-refractivity contribution in [2.75, 3.05) is 33.9 Å². The van der Waals surface area contributed by atoms with Gasteiger partial charge in [0.2, 0.25) is 17.7 Å². The molecule has 9 N–H and O–H groups in total. The fraction of sp³-hybridized carbons (Fsp3) is 0.500. The molecule has 2 saturated heterocycles. The number of methoxy groups -OCH3 is 2. The Morgan fingerprint density at radius 1 is 1.18 bits per heavy atom. The molecule has 18 nitrogen and oxygen atoms in total. The Morgan fingerprint density at radius 2 is 1.89 bits per heavy atom. The lowest BCUT2D eigenvalue weighted by Crippen LogP contribution is -2.64. The molecule has 0 bridgehead atoms. The summed E-state index contributed by atoms with van der Waals surface area (Å²) in [6.07, 6.45) is 5.25. The van der Waals surface area contributed by atoms with Crippen molar-refractivity contribution in [1.82, 2.24) is 35.8 Å². The van der Waals surface area contributed by atoms with E-state index < -0.39 is 23.8 Å². The summed E-state index contributed by atoms with van der Waals surface area (Å²) in [5.74, 6) is 13.0. The number of aliphatic imine (C=N–C) groups is 1. The summed E-state index contributed by atoms with van der Waals surface area (Å²) in [6.45, 7) is 1.67. The summed E-state index contributed by atoms with van der Waals surface area (Å²) in [5, 5.41) is 17.3. The van der Waals surface area contributed by atoms with Crippen LogP contribution in [0.15, 0.2) is 55.9 Å². The summed E-state index contributed by atoms with van der Waals surface area (Å²) in [5.41, 5.74) is 5.95. The van der Waals surface area contributed by atoms with Gasteiger partial charge in [0, 0.05) is 31.6 Å². The lowest BCUT2D eigenvalue weighted by Gasteiger charge is -2.43. The number of hydrogen-bond donors (Lipinski definition) is 6. The Labute approximate surface area is 263 Å². The number of ether oxygens (including phenoxy) is 3. The van der Waals surface area contributed by atoms with Crippen molar-refractivity contribution in [2.45, 2.75) is 50.2 Å². The Bertz CT molecular complexity index is 1450. The molecule has 2 unspecified atom stereocenters. The van der Waals surface area contributed by atoms with Crippen LogP contribution >= 0.6 is 11.6 Å². The molecule has 242 valence electrons. The molecule has 2 atom stereocenters. The van der Waals surface area contributed by atoms with E-state index in [-0.39, 0.29) is 29.3 Å². The molecular formula is C26H36ClN13O5. The summed E-state index contributed by atoms with van der Waals surface area (Å²) in [4.78, 5) is 40.8. The number of nitrogens with one attached hydrogen (secondary N) is 3. The molecule has 0 radical (unpaired) electrons. The number of amides is 2. The molecule has 1 aromatic heterocycles. The smallest absolute Gasteiger partial charge is 0.252 e. The molecular weight excluding hydrogens is 610 g/mol. The Morgan fingerprint density at radius 3 is 2.51 bits per heavy atom. The largest absolute Gasteiger partial charge is 0.490 e. The molecule has 1 aliphatic carbocycles. The predicted molar refractivity (Wildman–Crippen MR) is 160 cm³/mol. The van der Waals surface area contributed by atoms with E-state index in [0.29, 0.717) is 68.5 Å². The van der Waals surface area contributed by atoms with Crippen LogP contribution in [-0.4, -0.2) is 89.3 Å². The van der Waals surface area contributed by atoms with Gasteiger partial charge in [0.1, 0.15) is 18.1 Å². The second kappa shape index (κ2) is 13.6. The van der Waals surface area contributed by atoms with Gasteiger partial charge >= 0.3 is 0 Å². The van der Waals surface area contributed by atoms with E-state index in [2.05, 4.69) is 41.2 Å². The molecule has 4 heterocycles. The molecule has 0 saturated carbocycles. The van der Waals surface area contributed by atoms with Crippen molar-refractivity contribution < 1.29 is 23.8 Å². The first-order valence-corrected chi connectivity index (χ1v) is 14.5. The highest BCUT2D eigenvalue weighted by molar-refractivity contribution is 6.30. The summed E-state index contributed by atoms with van der Waals surface area (Å²) >= 11 is 6.04. The summed E-state index contributed by atoms with van der Waals surface area (Å²) < 4.78 is 16.2. The molecule has 5 rings (SSSR count). The second-order valence-corrected chi connectivity index (χ2v) is 11.0. The van der Waals surface area contributed by atoms with Crippen LogP contribution in [0, 0.1) is 0 Å². The number of piperidine rings is 1. The molecule has 0 aromatic carbocycles. The van der Waals surface area contributed by atoms with Gasteiger partial charge < -0.3 is 41.3 Å². The minimum absolute atomic E-state index is 0.000174. The molecule has 1 aromatic rings. The van der Waals surface area contributed by atoms with E-state index in [1.54, 1.807) is 23.2 Å². The normalized spacial score (nSPS) is 23.3. The van der Waals surface area contributed by atoms with Gasteiger partial charge in [0.15, 0.2) is 23.5 Å². The molecule has 1 spiro atoms. The van der Waals surface area contributed by atoms with Crippen molar-refractivity contribution in [2.24, 2.45) is 32.7 Å². The standard InChI is InChI=1S/C26H36ClN13O5/c1-43-17-11-18(44-2)33-16(32-17)12-45-15-5-3-14(4-6-15)24(42)39-9-7-26(8-10-39)13-31-25(40(26)30)36-23(41)19-22(37-38-29)35-21(28)20(27)34-19/h3,5,11,19,25,31,34H,4,6-10,12-13,28,30H2,1-2H3,(H,36,41)(H2,29,35,37). The van der Waals surface area contributed by atoms with Gasteiger partial charge in [-0.15, -0.1) is 5.11 Å². The molecule has 2 amide bonds. The van der Waals surface area contributed by atoms with Crippen molar-refractivity contribution in [3.63, 3.8) is 0 Å². The maximum absolute atomic E-state index is 13.3. The zero-order valence-corrected chi connectivity index (χ0v) is 25.6. The zero-order valence-electron chi connectivity index (χ0n) is 24.8. The third-order valence-corrected chi connectivity index (χ3v) is 8.34. The fourth-order valence-electron chi connectivity index (χ4n) is 5.47. The van der Waals surface area contributed by atoms with Crippen molar-refractivity contribution >= 4 is 29.3 Å². The number of nitrogens with two attached hydrogens (primary N) is 3. The van der Waals surface area contributed by atoms with Crippen molar-refractivity contribution in [3.05, 3.63) is 46.4 Å². The number of likely N-dealkylation sites (tertiary alicyclic amines) is 1. The summed E-state index contributed by atoms with van der Waals surface area (Å²) in [6, 6.07) is 0.507. The van der Waals surface area contributed by atoms with E-state index in [1.807, 2.05) is 4.90 Å². The first kappa shape index (κ1) is 31.9. The topological polar surface area (TPSA) is 245 Å². The third kappa shape index (κ3) is 6.93. The molecule has 4 aliphatic rings. The number of amidine groups is 1. The molecule has 45 heavy (non-hydrogen) atoms. The highest BCUT2D eigenvalue weighted by Crippen LogP contribution is 2.32. The average molecular weight is 646 g/mol. The SMILES string of the molecule is COc1cc(OC)nc(COC2=CC=C(C(=O)N3CCC4(CC3)CNC(NC(=O)C3NC(Cl)=C(N)N=C3N=NN)N4N)CC2)n1. The van der Waals surface area contributed by atoms with Gasteiger partial charge in [0.25, 0.3) is 5.91 Å². The molecule has 3 aliphatic heterocycles. The zero-order chi connectivity index (χ0) is 32.1. The minimum Gasteiger partial charge on any atom is -0.490 e. The monoisotopic (exact) mass is 645 g/mol. The van der Waals surface area contributed by atoms with E-state index in [4.69, 9.17) is 43.2 Å². The quantitative estimate of drug-likeness (QED) is 0.0876. The van der Waals surface area contributed by atoms with E-state index >= 15 is 0 Å². The Hall–Kier alpha value is -4.52. The van der Waals surface area contributed by atoms with Crippen LogP contribution < -0.4 is 42.8 Å². The number of carbonyl (C=O) groups is 2. The lowest BCUT2D eigenvalue weighted by molar-refractivity contribution is -0.130. The lowest BCUT2D eigenvalue weighted by atomic mass is 9.87. The third-order valence-electron chi connectivity index (χ3n) is 8.04. The van der Waals surface area contributed by atoms with Gasteiger partial charge in [-0.25, -0.2) is 10.0 Å². The number of halogens is 1. The van der Waals surface area contributed by atoms with E-state index in [9.17, 15) is 9.59 Å². The van der Waals surface area contributed by atoms with Crippen LogP contribution in [0.1, 0.15) is 31.5 Å². The van der Waals surface area contributed by atoms with E-state index in [1.165, 1.54) is 14.2 Å². The summed E-state index contributed by atoms with van der Waals surface area (Å²) in [7, 11) is 3.03. The van der Waals surface area contributed by atoms with Gasteiger partial charge in [-0.1, -0.05) is 22.9 Å². The number of hydrazine groups is 1. The highest BCUT2D eigenvalue weighted by atomic mass is 35.5. The average Bonchev–Trinajstić information content (AvgIpc) is 3.35. The Balaban J connectivity index is 1.13. The van der Waals surface area contributed by atoms with Crippen LogP contribution in [0.3, 0.4) is 0 Å². The maximum atomic E-state index is 13.3. The number of rotatable bonds is 8.